The number of nitrogens with zero attached hydrogens (tertiary/aromatic N) is 1. The van der Waals surface area contributed by atoms with Gasteiger partial charge in [-0.1, -0.05) is 11.6 Å². The summed E-state index contributed by atoms with van der Waals surface area (Å²) >= 11 is 6.29. The lowest BCUT2D eigenvalue weighted by Gasteiger charge is -2.21. The number of carbonyl (C=O) groups is 3. The van der Waals surface area contributed by atoms with E-state index in [1.807, 2.05) is 0 Å². The summed E-state index contributed by atoms with van der Waals surface area (Å²) in [5.41, 5.74) is -2.02. The number of rotatable bonds is 5. The van der Waals surface area contributed by atoms with Crippen molar-refractivity contribution in [2.45, 2.75) is 32.1 Å². The second kappa shape index (κ2) is 10.4. The Morgan fingerprint density at radius 3 is 2.55 bits per heavy atom. The van der Waals surface area contributed by atoms with Crippen LogP contribution in [0.15, 0.2) is 42.5 Å². The van der Waals surface area contributed by atoms with E-state index in [1.54, 1.807) is 6.92 Å². The SMILES string of the molecule is CCOC(=O)c1cc(NC(=O)c2cc(F)cc(C(F)(F)F)c2)c2n1CCC(=O)NC2c1cc(F)ccc1Cl. The van der Waals surface area contributed by atoms with Crippen LogP contribution in [0.3, 0.4) is 0 Å². The Morgan fingerprint density at radius 2 is 1.87 bits per heavy atom. The van der Waals surface area contributed by atoms with Crippen LogP contribution in [0.5, 0.6) is 0 Å². The van der Waals surface area contributed by atoms with Gasteiger partial charge in [-0.25, -0.2) is 13.6 Å². The molecule has 13 heteroatoms. The van der Waals surface area contributed by atoms with E-state index >= 15 is 0 Å². The van der Waals surface area contributed by atoms with E-state index in [4.69, 9.17) is 16.3 Å². The van der Waals surface area contributed by atoms with E-state index in [9.17, 15) is 36.3 Å². The first-order valence-corrected chi connectivity index (χ1v) is 11.6. The highest BCUT2D eigenvalue weighted by Crippen LogP contribution is 2.38. The van der Waals surface area contributed by atoms with Gasteiger partial charge in [-0.05, 0) is 49.4 Å². The van der Waals surface area contributed by atoms with Gasteiger partial charge < -0.3 is 19.9 Å². The first-order valence-electron chi connectivity index (χ1n) is 11.2. The molecule has 2 N–H and O–H groups in total. The first-order chi connectivity index (χ1) is 17.9. The quantitative estimate of drug-likeness (QED) is 0.322. The zero-order chi connectivity index (χ0) is 27.8. The van der Waals surface area contributed by atoms with Gasteiger partial charge in [0, 0.05) is 29.1 Å². The molecule has 0 aliphatic carbocycles. The van der Waals surface area contributed by atoms with Gasteiger partial charge in [0.2, 0.25) is 5.91 Å². The summed E-state index contributed by atoms with van der Waals surface area (Å²) in [6.45, 7) is 1.52. The molecule has 1 aliphatic rings. The van der Waals surface area contributed by atoms with Gasteiger partial charge >= 0.3 is 12.1 Å². The van der Waals surface area contributed by atoms with Crippen LogP contribution in [0.25, 0.3) is 0 Å². The molecule has 0 spiro atoms. The number of aromatic nitrogens is 1. The molecular formula is C25H19ClF5N3O4. The molecule has 1 aromatic heterocycles. The van der Waals surface area contributed by atoms with E-state index in [-0.39, 0.29) is 53.3 Å². The summed E-state index contributed by atoms with van der Waals surface area (Å²) < 4.78 is 74.1. The van der Waals surface area contributed by atoms with E-state index < -0.39 is 52.8 Å². The fourth-order valence-electron chi connectivity index (χ4n) is 4.14. The third-order valence-electron chi connectivity index (χ3n) is 5.77. The predicted molar refractivity (Wildman–Crippen MR) is 126 cm³/mol. The van der Waals surface area contributed by atoms with Gasteiger partial charge in [0.25, 0.3) is 5.91 Å². The summed E-state index contributed by atoms with van der Waals surface area (Å²) in [5, 5.41) is 5.13. The Kier molecular flexibility index (Phi) is 7.45. The number of alkyl halides is 3. The van der Waals surface area contributed by atoms with Crippen LogP contribution in [-0.4, -0.2) is 29.0 Å². The number of hydrogen-bond acceptors (Lipinski definition) is 4. The van der Waals surface area contributed by atoms with Crippen LogP contribution in [0.1, 0.15) is 57.1 Å². The van der Waals surface area contributed by atoms with Gasteiger partial charge in [-0.3, -0.25) is 9.59 Å². The van der Waals surface area contributed by atoms with E-state index in [1.165, 1.54) is 16.7 Å². The molecule has 0 saturated carbocycles. The van der Waals surface area contributed by atoms with Crippen LogP contribution >= 0.6 is 11.6 Å². The topological polar surface area (TPSA) is 89.4 Å². The van der Waals surface area contributed by atoms with Crippen molar-refractivity contribution >= 4 is 35.1 Å². The maximum Gasteiger partial charge on any atom is 0.416 e. The molecule has 2 aromatic carbocycles. The van der Waals surface area contributed by atoms with Crippen LogP contribution < -0.4 is 10.6 Å². The van der Waals surface area contributed by atoms with Crippen molar-refractivity contribution in [3.8, 4) is 0 Å². The average Bonchev–Trinajstić information content (AvgIpc) is 3.10. The number of amides is 2. The van der Waals surface area contributed by atoms with E-state index in [0.29, 0.717) is 12.1 Å². The van der Waals surface area contributed by atoms with Crippen molar-refractivity contribution in [1.29, 1.82) is 0 Å². The molecule has 0 saturated heterocycles. The van der Waals surface area contributed by atoms with E-state index in [2.05, 4.69) is 10.6 Å². The molecule has 4 rings (SSSR count). The second-order valence-corrected chi connectivity index (χ2v) is 8.70. The molecule has 2 heterocycles. The first kappa shape index (κ1) is 27.1. The van der Waals surface area contributed by atoms with Crippen molar-refractivity contribution in [1.82, 2.24) is 9.88 Å². The Bertz CT molecular complexity index is 1440. The number of benzene rings is 2. The highest BCUT2D eigenvalue weighted by molar-refractivity contribution is 6.31. The maximum absolute atomic E-state index is 14.2. The predicted octanol–water partition coefficient (Wildman–Crippen LogP) is 5.48. The number of ether oxygens (including phenoxy) is 1. The molecule has 200 valence electrons. The molecule has 0 bridgehead atoms. The number of anilines is 1. The largest absolute Gasteiger partial charge is 0.461 e. The van der Waals surface area contributed by atoms with Crippen LogP contribution in [0.4, 0.5) is 27.6 Å². The summed E-state index contributed by atoms with van der Waals surface area (Å²) in [5.74, 6) is -4.39. The smallest absolute Gasteiger partial charge is 0.416 e. The lowest BCUT2D eigenvalue weighted by Crippen LogP contribution is -2.28. The van der Waals surface area contributed by atoms with E-state index in [0.717, 1.165) is 12.1 Å². The average molecular weight is 556 g/mol. The number of carbonyl (C=O) groups excluding carboxylic acids is 3. The molecule has 2 amide bonds. The molecular weight excluding hydrogens is 537 g/mol. The number of halogens is 6. The maximum atomic E-state index is 14.2. The molecule has 38 heavy (non-hydrogen) atoms. The number of esters is 1. The van der Waals surface area contributed by atoms with Gasteiger partial charge in [0.1, 0.15) is 17.3 Å². The molecule has 7 nitrogen and oxygen atoms in total. The molecule has 1 atom stereocenters. The van der Waals surface area contributed by atoms with Gasteiger partial charge in [-0.2, -0.15) is 13.2 Å². The standard InChI is InChI=1S/C25H19ClF5N3O4/c1-2-38-24(37)19-11-18(32-23(36)12-7-13(25(29,30)31)9-15(28)8-12)22-21(33-20(35)5-6-34(19)22)16-10-14(27)3-4-17(16)26/h3-4,7-11,21H,2,5-6H2,1H3,(H,32,36)(H,33,35). The molecule has 1 unspecified atom stereocenters. The zero-order valence-electron chi connectivity index (χ0n) is 19.6. The third kappa shape index (κ3) is 5.49. The summed E-state index contributed by atoms with van der Waals surface area (Å²) in [6.07, 6.45) is -5.02. The number of nitrogens with one attached hydrogen (secondary N) is 2. The third-order valence-corrected chi connectivity index (χ3v) is 6.11. The Balaban J connectivity index is 1.87. The minimum absolute atomic E-state index is 0.000877. The summed E-state index contributed by atoms with van der Waals surface area (Å²) in [6, 6.07) is 4.80. The van der Waals surface area contributed by atoms with Gasteiger partial charge in [0.05, 0.1) is 29.6 Å². The van der Waals surface area contributed by atoms with Gasteiger partial charge in [-0.15, -0.1) is 0 Å². The lowest BCUT2D eigenvalue weighted by molar-refractivity contribution is -0.137. The molecule has 0 radical (unpaired) electrons. The number of fused-ring (bicyclic) bond motifs is 1. The highest BCUT2D eigenvalue weighted by Gasteiger charge is 2.35. The fourth-order valence-corrected chi connectivity index (χ4v) is 4.37. The monoisotopic (exact) mass is 555 g/mol. The van der Waals surface area contributed by atoms with Crippen LogP contribution in [0, 0.1) is 11.6 Å². The molecule has 0 fully saturated rings. The summed E-state index contributed by atoms with van der Waals surface area (Å²) in [4.78, 5) is 38.3. The van der Waals surface area contributed by atoms with Crippen molar-refractivity contribution in [2.75, 3.05) is 11.9 Å². The zero-order valence-corrected chi connectivity index (χ0v) is 20.3. The van der Waals surface area contributed by atoms with Crippen molar-refractivity contribution < 1.29 is 41.1 Å². The number of hydrogen-bond donors (Lipinski definition) is 2. The minimum atomic E-state index is -4.91. The molecule has 3 aromatic rings. The Labute approximate surface area is 217 Å². The lowest BCUT2D eigenvalue weighted by atomic mass is 10.0. The van der Waals surface area contributed by atoms with Crippen molar-refractivity contribution in [3.05, 3.63) is 87.2 Å². The van der Waals surface area contributed by atoms with Crippen LogP contribution in [0.2, 0.25) is 5.02 Å². The van der Waals surface area contributed by atoms with Crippen LogP contribution in [-0.2, 0) is 22.3 Å². The highest BCUT2D eigenvalue weighted by atomic mass is 35.5. The second-order valence-electron chi connectivity index (χ2n) is 8.30. The Hall–Kier alpha value is -3.93. The van der Waals surface area contributed by atoms with Crippen molar-refractivity contribution in [2.24, 2.45) is 0 Å². The Morgan fingerprint density at radius 1 is 1.13 bits per heavy atom. The minimum Gasteiger partial charge on any atom is -0.461 e. The van der Waals surface area contributed by atoms with Crippen molar-refractivity contribution in [3.63, 3.8) is 0 Å². The normalized spacial score (nSPS) is 15.3. The fraction of sp³-hybridized carbons (Fsp3) is 0.240. The molecule has 1 aliphatic heterocycles. The summed E-state index contributed by atoms with van der Waals surface area (Å²) in [7, 11) is 0. The van der Waals surface area contributed by atoms with Gasteiger partial charge in [0.15, 0.2) is 0 Å².